The summed E-state index contributed by atoms with van der Waals surface area (Å²) in [6.45, 7) is 3.44. The molecule has 1 heterocycles. The number of esters is 1. The van der Waals surface area contributed by atoms with Crippen LogP contribution in [0.25, 0.3) is 10.8 Å². The van der Waals surface area contributed by atoms with Crippen molar-refractivity contribution in [3.05, 3.63) is 48.0 Å². The lowest BCUT2D eigenvalue weighted by atomic mass is 10.1. The van der Waals surface area contributed by atoms with Crippen LogP contribution in [0.5, 0.6) is 0 Å². The van der Waals surface area contributed by atoms with Gasteiger partial charge in [0.1, 0.15) is 12.1 Å². The van der Waals surface area contributed by atoms with Gasteiger partial charge in [0.05, 0.1) is 6.42 Å². The predicted molar refractivity (Wildman–Crippen MR) is 92.7 cm³/mol. The quantitative estimate of drug-likeness (QED) is 0.670. The van der Waals surface area contributed by atoms with Crippen molar-refractivity contribution in [3.8, 4) is 0 Å². The van der Waals surface area contributed by atoms with Gasteiger partial charge in [-0.25, -0.2) is 4.79 Å². The number of ether oxygens (including phenoxy) is 1. The fourth-order valence-electron chi connectivity index (χ4n) is 2.87. The van der Waals surface area contributed by atoms with Gasteiger partial charge in [0, 0.05) is 6.54 Å². The highest BCUT2D eigenvalue weighted by atomic mass is 16.5. The number of imide groups is 1. The van der Waals surface area contributed by atoms with Crippen molar-refractivity contribution in [2.75, 3.05) is 6.54 Å². The second-order valence-corrected chi connectivity index (χ2v) is 6.56. The van der Waals surface area contributed by atoms with Crippen LogP contribution in [0.15, 0.2) is 42.5 Å². The number of hydrogen-bond acceptors (Lipinski definition) is 4. The summed E-state index contributed by atoms with van der Waals surface area (Å²) in [4.78, 5) is 36.9. The minimum atomic E-state index is -0.927. The average molecular weight is 340 g/mol. The first-order chi connectivity index (χ1) is 11.9. The summed E-state index contributed by atoms with van der Waals surface area (Å²) in [5, 5.41) is 4.70. The molecule has 6 heteroatoms. The second kappa shape index (κ2) is 6.55. The van der Waals surface area contributed by atoms with Crippen LogP contribution in [-0.4, -0.2) is 34.9 Å². The highest BCUT2D eigenvalue weighted by Gasteiger charge is 2.44. The second-order valence-electron chi connectivity index (χ2n) is 6.56. The van der Waals surface area contributed by atoms with Gasteiger partial charge in [-0.3, -0.25) is 14.5 Å². The molecule has 1 saturated heterocycles. The number of rotatable bonds is 5. The summed E-state index contributed by atoms with van der Waals surface area (Å²) < 4.78 is 5.31. The minimum Gasteiger partial charge on any atom is -0.461 e. The summed E-state index contributed by atoms with van der Waals surface area (Å²) in [6.07, 6.45) is -0.0278. The number of benzene rings is 2. The molecular formula is C19H20N2O4. The van der Waals surface area contributed by atoms with E-state index in [4.69, 9.17) is 4.74 Å². The predicted octanol–water partition coefficient (Wildman–Crippen LogP) is 2.60. The fourth-order valence-corrected chi connectivity index (χ4v) is 2.87. The van der Waals surface area contributed by atoms with Crippen molar-refractivity contribution in [1.29, 1.82) is 0 Å². The van der Waals surface area contributed by atoms with Gasteiger partial charge in [0.15, 0.2) is 0 Å². The Balaban J connectivity index is 1.57. The third kappa shape index (κ3) is 3.47. The lowest BCUT2D eigenvalue weighted by molar-refractivity contribution is -0.145. The number of fused-ring (bicyclic) bond motifs is 1. The molecule has 6 nitrogen and oxygen atoms in total. The van der Waals surface area contributed by atoms with Gasteiger partial charge in [-0.2, -0.15) is 0 Å². The van der Waals surface area contributed by atoms with E-state index in [2.05, 4.69) is 5.32 Å². The molecular weight excluding hydrogens is 320 g/mol. The third-order valence-corrected chi connectivity index (χ3v) is 4.25. The van der Waals surface area contributed by atoms with Gasteiger partial charge in [0.2, 0.25) is 0 Å². The Morgan fingerprint density at radius 3 is 2.56 bits per heavy atom. The Bertz CT molecular complexity index is 839. The molecule has 1 aliphatic heterocycles. The van der Waals surface area contributed by atoms with Crippen molar-refractivity contribution < 1.29 is 19.1 Å². The molecule has 0 atom stereocenters. The maximum Gasteiger partial charge on any atom is 0.325 e. The largest absolute Gasteiger partial charge is 0.461 e. The molecule has 1 N–H and O–H groups in total. The van der Waals surface area contributed by atoms with E-state index in [0.29, 0.717) is 0 Å². The van der Waals surface area contributed by atoms with Crippen LogP contribution in [-0.2, 0) is 20.9 Å². The number of carbonyl (C=O) groups excluding carboxylic acids is 3. The van der Waals surface area contributed by atoms with E-state index >= 15 is 0 Å². The third-order valence-electron chi connectivity index (χ3n) is 4.25. The van der Waals surface area contributed by atoms with Gasteiger partial charge in [-0.05, 0) is 30.2 Å². The van der Waals surface area contributed by atoms with Crippen LogP contribution < -0.4 is 5.32 Å². The van der Waals surface area contributed by atoms with E-state index in [1.165, 1.54) is 0 Å². The number of urea groups is 1. The van der Waals surface area contributed by atoms with Crippen LogP contribution in [0.4, 0.5) is 4.79 Å². The van der Waals surface area contributed by atoms with E-state index in [9.17, 15) is 14.4 Å². The number of nitrogens with zero attached hydrogens (tertiary/aromatic N) is 1. The average Bonchev–Trinajstić information content (AvgIpc) is 2.78. The zero-order chi connectivity index (χ0) is 18.0. The molecule has 25 heavy (non-hydrogen) atoms. The molecule has 0 aliphatic carbocycles. The minimum absolute atomic E-state index is 0.0163. The van der Waals surface area contributed by atoms with Crippen LogP contribution >= 0.6 is 0 Å². The highest BCUT2D eigenvalue weighted by Crippen LogP contribution is 2.20. The summed E-state index contributed by atoms with van der Waals surface area (Å²) in [7, 11) is 0. The number of nitrogens with one attached hydrogen (secondary N) is 1. The van der Waals surface area contributed by atoms with Gasteiger partial charge >= 0.3 is 12.0 Å². The molecule has 2 aromatic carbocycles. The SMILES string of the molecule is CC1(C)NC(=O)N(CCC(=O)OCc2cccc3ccccc23)C1=O. The molecule has 0 unspecified atom stereocenters. The molecule has 0 spiro atoms. The maximum absolute atomic E-state index is 12.1. The highest BCUT2D eigenvalue weighted by molar-refractivity contribution is 6.06. The summed E-state index contributed by atoms with van der Waals surface area (Å²) >= 11 is 0. The molecule has 0 radical (unpaired) electrons. The molecule has 130 valence electrons. The van der Waals surface area contributed by atoms with E-state index in [-0.39, 0.29) is 25.5 Å². The summed E-state index contributed by atoms with van der Waals surface area (Å²) in [5.41, 5.74) is -0.00759. The zero-order valence-electron chi connectivity index (χ0n) is 14.2. The molecule has 1 aliphatic rings. The normalized spacial score (nSPS) is 16.2. The monoisotopic (exact) mass is 340 g/mol. The van der Waals surface area contributed by atoms with Crippen LogP contribution in [0.2, 0.25) is 0 Å². The summed E-state index contributed by atoms with van der Waals surface area (Å²) in [5.74, 6) is -0.780. The van der Waals surface area contributed by atoms with Crippen molar-refractivity contribution in [1.82, 2.24) is 10.2 Å². The standard InChI is InChI=1S/C19H20N2O4/c1-19(2)17(23)21(18(24)20-19)11-10-16(22)25-12-14-8-5-7-13-6-3-4-9-15(13)14/h3-9H,10-12H2,1-2H3,(H,20,24). The van der Waals surface area contributed by atoms with Crippen molar-refractivity contribution in [3.63, 3.8) is 0 Å². The zero-order valence-corrected chi connectivity index (χ0v) is 14.2. The van der Waals surface area contributed by atoms with Crippen molar-refractivity contribution in [2.45, 2.75) is 32.4 Å². The Morgan fingerprint density at radius 1 is 1.12 bits per heavy atom. The molecule has 0 bridgehead atoms. The first kappa shape index (κ1) is 17.0. The maximum atomic E-state index is 12.1. The summed E-state index contributed by atoms with van der Waals surface area (Å²) in [6, 6.07) is 13.2. The first-order valence-corrected chi connectivity index (χ1v) is 8.15. The lowest BCUT2D eigenvalue weighted by Crippen LogP contribution is -2.40. The Labute approximate surface area is 145 Å². The number of amides is 3. The van der Waals surface area contributed by atoms with E-state index in [0.717, 1.165) is 21.2 Å². The molecule has 1 fully saturated rings. The van der Waals surface area contributed by atoms with Gasteiger partial charge in [-0.15, -0.1) is 0 Å². The van der Waals surface area contributed by atoms with E-state index in [1.54, 1.807) is 13.8 Å². The molecule has 3 amide bonds. The van der Waals surface area contributed by atoms with Crippen molar-refractivity contribution in [2.24, 2.45) is 0 Å². The lowest BCUT2D eigenvalue weighted by Gasteiger charge is -2.15. The number of hydrogen-bond donors (Lipinski definition) is 1. The molecule has 2 aromatic rings. The topological polar surface area (TPSA) is 75.7 Å². The molecule has 0 saturated carbocycles. The smallest absolute Gasteiger partial charge is 0.325 e. The van der Waals surface area contributed by atoms with Crippen LogP contribution in [0.1, 0.15) is 25.8 Å². The van der Waals surface area contributed by atoms with E-state index in [1.807, 2.05) is 42.5 Å². The number of carbonyl (C=O) groups is 3. The molecule has 3 rings (SSSR count). The Kier molecular flexibility index (Phi) is 4.44. The van der Waals surface area contributed by atoms with Gasteiger partial charge < -0.3 is 10.1 Å². The van der Waals surface area contributed by atoms with Gasteiger partial charge in [0.25, 0.3) is 5.91 Å². The van der Waals surface area contributed by atoms with E-state index < -0.39 is 17.5 Å². The van der Waals surface area contributed by atoms with Crippen LogP contribution in [0, 0.1) is 0 Å². The van der Waals surface area contributed by atoms with Crippen molar-refractivity contribution >= 4 is 28.7 Å². The fraction of sp³-hybridized carbons (Fsp3) is 0.316. The Morgan fingerprint density at radius 2 is 1.84 bits per heavy atom. The molecule has 0 aromatic heterocycles. The Hall–Kier alpha value is -2.89. The van der Waals surface area contributed by atoms with Crippen LogP contribution in [0.3, 0.4) is 0 Å². The van der Waals surface area contributed by atoms with Gasteiger partial charge in [-0.1, -0.05) is 42.5 Å². The first-order valence-electron chi connectivity index (χ1n) is 8.15.